The van der Waals surface area contributed by atoms with Gasteiger partial charge in [0, 0.05) is 5.02 Å². The van der Waals surface area contributed by atoms with E-state index in [-0.39, 0.29) is 22.1 Å². The summed E-state index contributed by atoms with van der Waals surface area (Å²) in [7, 11) is -4.06. The molecule has 3 rings (SSSR count). The number of phenolic OH excluding ortho intramolecular Hbond substituents is 1. The number of halogens is 1. The Hall–Kier alpha value is -3.56. The van der Waals surface area contributed by atoms with E-state index < -0.39 is 22.5 Å². The van der Waals surface area contributed by atoms with Crippen molar-refractivity contribution in [3.8, 4) is 11.5 Å². The van der Waals surface area contributed by atoms with Crippen LogP contribution >= 0.6 is 11.6 Å². The van der Waals surface area contributed by atoms with Gasteiger partial charge in [-0.15, -0.1) is 0 Å². The molecule has 0 aliphatic carbocycles. The van der Waals surface area contributed by atoms with Crippen LogP contribution in [0.15, 0.2) is 76.7 Å². The number of nitrogens with zero attached hydrogens (tertiary/aromatic N) is 2. The zero-order chi connectivity index (χ0) is 24.7. The molecule has 178 valence electrons. The fourth-order valence-electron chi connectivity index (χ4n) is 3.01. The summed E-state index contributed by atoms with van der Waals surface area (Å²) in [6.45, 7) is 3.49. The predicted molar refractivity (Wildman–Crippen MR) is 132 cm³/mol. The van der Waals surface area contributed by atoms with Gasteiger partial charge in [-0.25, -0.2) is 13.8 Å². The molecule has 0 aliphatic rings. The number of aryl methyl sites for hydroxylation is 1. The maximum atomic E-state index is 13.3. The monoisotopic (exact) mass is 501 g/mol. The molecular formula is C24H24ClN3O5S. The number of aromatic hydroxyl groups is 1. The summed E-state index contributed by atoms with van der Waals surface area (Å²) in [4.78, 5) is 12.7. The first-order chi connectivity index (χ1) is 16.2. The molecule has 0 atom stereocenters. The molecule has 0 spiro atoms. The maximum Gasteiger partial charge on any atom is 0.264 e. The van der Waals surface area contributed by atoms with E-state index in [2.05, 4.69) is 10.5 Å². The van der Waals surface area contributed by atoms with Crippen LogP contribution < -0.4 is 14.5 Å². The molecule has 0 bridgehead atoms. The second-order valence-corrected chi connectivity index (χ2v) is 9.56. The molecular weight excluding hydrogens is 478 g/mol. The molecule has 0 fully saturated rings. The maximum absolute atomic E-state index is 13.3. The van der Waals surface area contributed by atoms with Crippen molar-refractivity contribution in [2.24, 2.45) is 5.10 Å². The summed E-state index contributed by atoms with van der Waals surface area (Å²) in [6, 6.07) is 17.2. The molecule has 0 aromatic heterocycles. The zero-order valence-corrected chi connectivity index (χ0v) is 20.2. The Labute approximate surface area is 203 Å². The average molecular weight is 502 g/mol. The number of rotatable bonds is 9. The summed E-state index contributed by atoms with van der Waals surface area (Å²) in [5.74, 6) is -0.383. The first-order valence-corrected chi connectivity index (χ1v) is 12.1. The lowest BCUT2D eigenvalue weighted by Gasteiger charge is -2.24. The van der Waals surface area contributed by atoms with Crippen molar-refractivity contribution in [3.63, 3.8) is 0 Å². The fourth-order valence-corrected chi connectivity index (χ4v) is 4.61. The number of amides is 1. The minimum Gasteiger partial charge on any atom is -0.504 e. The van der Waals surface area contributed by atoms with Crippen LogP contribution in [0.2, 0.25) is 5.02 Å². The normalized spacial score (nSPS) is 11.4. The van der Waals surface area contributed by atoms with Crippen LogP contribution in [-0.4, -0.2) is 38.8 Å². The highest BCUT2D eigenvalue weighted by Crippen LogP contribution is 2.27. The molecule has 2 N–H and O–H groups in total. The number of hydrogen-bond acceptors (Lipinski definition) is 6. The van der Waals surface area contributed by atoms with Crippen molar-refractivity contribution in [2.75, 3.05) is 17.5 Å². The quantitative estimate of drug-likeness (QED) is 0.339. The molecule has 0 saturated carbocycles. The second-order valence-electron chi connectivity index (χ2n) is 7.26. The van der Waals surface area contributed by atoms with Crippen molar-refractivity contribution in [2.45, 2.75) is 18.7 Å². The topological polar surface area (TPSA) is 108 Å². The van der Waals surface area contributed by atoms with E-state index in [1.54, 1.807) is 49.4 Å². The van der Waals surface area contributed by atoms with Crippen molar-refractivity contribution < 1.29 is 23.1 Å². The number of sulfonamides is 1. The fraction of sp³-hybridized carbons (Fsp3) is 0.167. The van der Waals surface area contributed by atoms with Crippen molar-refractivity contribution >= 4 is 39.4 Å². The first-order valence-electron chi connectivity index (χ1n) is 10.3. The van der Waals surface area contributed by atoms with Crippen molar-refractivity contribution in [3.05, 3.63) is 82.9 Å². The number of hydrogen-bond donors (Lipinski definition) is 2. The molecule has 1 amide bonds. The summed E-state index contributed by atoms with van der Waals surface area (Å²) >= 11 is 6.07. The Morgan fingerprint density at radius 3 is 2.56 bits per heavy atom. The third-order valence-electron chi connectivity index (χ3n) is 4.68. The third-order valence-corrected chi connectivity index (χ3v) is 6.70. The van der Waals surface area contributed by atoms with Gasteiger partial charge in [-0.2, -0.15) is 5.10 Å². The molecule has 0 unspecified atom stereocenters. The van der Waals surface area contributed by atoms with E-state index in [0.717, 1.165) is 9.87 Å². The lowest BCUT2D eigenvalue weighted by atomic mass is 10.2. The number of nitrogens with one attached hydrogen (secondary N) is 1. The number of ether oxygens (including phenoxy) is 1. The summed E-state index contributed by atoms with van der Waals surface area (Å²) in [5, 5.41) is 14.0. The van der Waals surface area contributed by atoms with Gasteiger partial charge in [0.05, 0.1) is 23.4 Å². The van der Waals surface area contributed by atoms with Crippen LogP contribution in [0.3, 0.4) is 0 Å². The van der Waals surface area contributed by atoms with Crippen molar-refractivity contribution in [1.29, 1.82) is 0 Å². The van der Waals surface area contributed by atoms with E-state index in [1.165, 1.54) is 30.5 Å². The highest BCUT2D eigenvalue weighted by molar-refractivity contribution is 7.92. The van der Waals surface area contributed by atoms with Crippen LogP contribution in [0.25, 0.3) is 0 Å². The van der Waals surface area contributed by atoms with Gasteiger partial charge >= 0.3 is 0 Å². The Balaban J connectivity index is 1.81. The van der Waals surface area contributed by atoms with Gasteiger partial charge in [-0.1, -0.05) is 35.4 Å². The SMILES string of the molecule is CCOc1cc(/C=N\NC(=O)CN(c2cccc(Cl)c2)S(=O)(=O)c2ccc(C)cc2)ccc1O. The summed E-state index contributed by atoms with van der Waals surface area (Å²) < 4.78 is 33.0. The van der Waals surface area contributed by atoms with E-state index in [4.69, 9.17) is 16.3 Å². The molecule has 3 aromatic carbocycles. The van der Waals surface area contributed by atoms with Gasteiger partial charge in [-0.05, 0) is 67.9 Å². The average Bonchev–Trinajstić information content (AvgIpc) is 2.80. The van der Waals surface area contributed by atoms with Gasteiger partial charge in [0.1, 0.15) is 6.54 Å². The van der Waals surface area contributed by atoms with Gasteiger partial charge in [0.25, 0.3) is 15.9 Å². The number of carbonyl (C=O) groups excluding carboxylic acids is 1. The van der Waals surface area contributed by atoms with E-state index in [0.29, 0.717) is 17.2 Å². The number of benzene rings is 3. The standard InChI is InChI=1S/C24H24ClN3O5S/c1-3-33-23-13-18(9-12-22(23)29)15-26-27-24(30)16-28(20-6-4-5-19(25)14-20)34(31,32)21-10-7-17(2)8-11-21/h4-15,29H,3,16H2,1-2H3,(H,27,30)/b26-15-. The van der Waals surface area contributed by atoms with Gasteiger partial charge < -0.3 is 9.84 Å². The smallest absolute Gasteiger partial charge is 0.264 e. The Morgan fingerprint density at radius 2 is 1.88 bits per heavy atom. The van der Waals surface area contributed by atoms with Crippen LogP contribution in [0.1, 0.15) is 18.1 Å². The zero-order valence-electron chi connectivity index (χ0n) is 18.6. The number of hydrazone groups is 1. The number of carbonyl (C=O) groups is 1. The van der Waals surface area contributed by atoms with Crippen LogP contribution in [0, 0.1) is 6.92 Å². The molecule has 0 saturated heterocycles. The van der Waals surface area contributed by atoms with Gasteiger partial charge in [0.2, 0.25) is 0 Å². The van der Waals surface area contributed by atoms with Crippen LogP contribution in [-0.2, 0) is 14.8 Å². The lowest BCUT2D eigenvalue weighted by Crippen LogP contribution is -2.39. The highest BCUT2D eigenvalue weighted by Gasteiger charge is 2.27. The Kier molecular flexibility index (Phi) is 8.14. The molecule has 0 aliphatic heterocycles. The molecule has 3 aromatic rings. The molecule has 0 radical (unpaired) electrons. The van der Waals surface area contributed by atoms with E-state index in [1.807, 2.05) is 6.92 Å². The Morgan fingerprint density at radius 1 is 1.15 bits per heavy atom. The minimum atomic E-state index is -4.06. The second kappa shape index (κ2) is 11.0. The summed E-state index contributed by atoms with van der Waals surface area (Å²) in [6.07, 6.45) is 1.36. The van der Waals surface area contributed by atoms with Crippen LogP contribution in [0.5, 0.6) is 11.5 Å². The largest absolute Gasteiger partial charge is 0.504 e. The highest BCUT2D eigenvalue weighted by atomic mass is 35.5. The first kappa shape index (κ1) is 25.1. The Bertz CT molecular complexity index is 1290. The van der Waals surface area contributed by atoms with Gasteiger partial charge in [-0.3, -0.25) is 9.10 Å². The number of anilines is 1. The van der Waals surface area contributed by atoms with Crippen molar-refractivity contribution in [1.82, 2.24) is 5.43 Å². The molecule has 0 heterocycles. The van der Waals surface area contributed by atoms with E-state index in [9.17, 15) is 18.3 Å². The molecule has 8 nitrogen and oxygen atoms in total. The molecule has 34 heavy (non-hydrogen) atoms. The summed E-state index contributed by atoms with van der Waals surface area (Å²) in [5.41, 5.74) is 4.05. The number of phenols is 1. The lowest BCUT2D eigenvalue weighted by molar-refractivity contribution is -0.119. The third kappa shape index (κ3) is 6.27. The van der Waals surface area contributed by atoms with Gasteiger partial charge in [0.15, 0.2) is 11.5 Å². The van der Waals surface area contributed by atoms with E-state index >= 15 is 0 Å². The van der Waals surface area contributed by atoms with Crippen LogP contribution in [0.4, 0.5) is 5.69 Å². The predicted octanol–water partition coefficient (Wildman–Crippen LogP) is 4.10. The molecule has 10 heteroatoms. The minimum absolute atomic E-state index is 0.0125.